The van der Waals surface area contributed by atoms with Crippen molar-refractivity contribution in [1.82, 2.24) is 9.97 Å². The number of hydrogen-bond donors (Lipinski definition) is 1. The number of nitrogens with zero attached hydrogens (tertiary/aromatic N) is 2. The van der Waals surface area contributed by atoms with Crippen LogP contribution in [0.25, 0.3) is 0 Å². The summed E-state index contributed by atoms with van der Waals surface area (Å²) in [5, 5.41) is 0. The van der Waals surface area contributed by atoms with Crippen LogP contribution >= 0.6 is 0 Å². The van der Waals surface area contributed by atoms with Gasteiger partial charge in [-0.1, -0.05) is 29.8 Å². The van der Waals surface area contributed by atoms with Gasteiger partial charge in [0, 0.05) is 6.42 Å². The number of Topliss-reactive ketones (excluding diaryl/α,β-unsaturated/α-hetero) is 1. The van der Waals surface area contributed by atoms with Crippen LogP contribution in [-0.4, -0.2) is 15.8 Å². The van der Waals surface area contributed by atoms with Crippen LogP contribution in [0.3, 0.4) is 0 Å². The topological polar surface area (TPSA) is 68.9 Å². The highest BCUT2D eigenvalue weighted by Crippen LogP contribution is 2.33. The standard InChI is InChI=1S/C16H17N3O/c1-9-3-5-11(6-4-9)12-7-13-15(14(20)8-12)10(2)18-16(17)19-13/h3-6,12H,7-8H2,1-2H3,(H2,17,18,19). The summed E-state index contributed by atoms with van der Waals surface area (Å²) in [5.74, 6) is 0.553. The minimum Gasteiger partial charge on any atom is -0.368 e. The van der Waals surface area contributed by atoms with Crippen molar-refractivity contribution in [2.75, 3.05) is 5.73 Å². The Hall–Kier alpha value is -2.23. The molecule has 102 valence electrons. The average molecular weight is 267 g/mol. The van der Waals surface area contributed by atoms with Gasteiger partial charge in [-0.3, -0.25) is 4.79 Å². The first kappa shape index (κ1) is 12.8. The zero-order valence-electron chi connectivity index (χ0n) is 11.7. The van der Waals surface area contributed by atoms with E-state index < -0.39 is 0 Å². The zero-order valence-corrected chi connectivity index (χ0v) is 11.7. The molecule has 0 saturated carbocycles. The third kappa shape index (κ3) is 2.18. The number of aromatic nitrogens is 2. The molecule has 1 unspecified atom stereocenters. The highest BCUT2D eigenvalue weighted by Gasteiger charge is 2.29. The molecule has 1 aromatic heterocycles. The van der Waals surface area contributed by atoms with E-state index in [9.17, 15) is 4.79 Å². The molecular formula is C16H17N3O. The molecule has 0 fully saturated rings. The number of ketones is 1. The van der Waals surface area contributed by atoms with Crippen LogP contribution < -0.4 is 5.73 Å². The molecule has 4 heteroatoms. The van der Waals surface area contributed by atoms with Crippen molar-refractivity contribution in [2.45, 2.75) is 32.6 Å². The van der Waals surface area contributed by atoms with Crippen molar-refractivity contribution < 1.29 is 4.79 Å². The number of carbonyl (C=O) groups excluding carboxylic acids is 1. The van der Waals surface area contributed by atoms with Crippen molar-refractivity contribution >= 4 is 11.7 Å². The molecule has 1 aliphatic carbocycles. The van der Waals surface area contributed by atoms with Gasteiger partial charge < -0.3 is 5.73 Å². The summed E-state index contributed by atoms with van der Waals surface area (Å²) >= 11 is 0. The van der Waals surface area contributed by atoms with Crippen LogP contribution in [0, 0.1) is 13.8 Å². The Morgan fingerprint density at radius 2 is 1.80 bits per heavy atom. The Labute approximate surface area is 118 Å². The van der Waals surface area contributed by atoms with Crippen LogP contribution in [0.5, 0.6) is 0 Å². The zero-order chi connectivity index (χ0) is 14.3. The molecular weight excluding hydrogens is 250 g/mol. The Bertz CT molecular complexity index is 677. The van der Waals surface area contributed by atoms with Gasteiger partial charge in [-0.2, -0.15) is 0 Å². The second kappa shape index (κ2) is 4.71. The summed E-state index contributed by atoms with van der Waals surface area (Å²) in [6.07, 6.45) is 1.27. The maximum absolute atomic E-state index is 12.3. The molecule has 3 rings (SSSR count). The van der Waals surface area contributed by atoms with Gasteiger partial charge in [0.25, 0.3) is 0 Å². The van der Waals surface area contributed by atoms with E-state index in [-0.39, 0.29) is 17.6 Å². The highest BCUT2D eigenvalue weighted by atomic mass is 16.1. The van der Waals surface area contributed by atoms with Crippen molar-refractivity contribution in [2.24, 2.45) is 0 Å². The molecule has 0 bridgehead atoms. The number of fused-ring (bicyclic) bond motifs is 1. The second-order valence-electron chi connectivity index (χ2n) is 5.43. The molecule has 0 radical (unpaired) electrons. The lowest BCUT2D eigenvalue weighted by Gasteiger charge is -2.24. The molecule has 2 aromatic rings. The quantitative estimate of drug-likeness (QED) is 0.862. The van der Waals surface area contributed by atoms with Gasteiger partial charge in [-0.15, -0.1) is 0 Å². The Morgan fingerprint density at radius 3 is 2.50 bits per heavy atom. The predicted octanol–water partition coefficient (Wildman–Crippen LogP) is 2.59. The van der Waals surface area contributed by atoms with E-state index in [0.717, 1.165) is 12.1 Å². The molecule has 0 saturated heterocycles. The van der Waals surface area contributed by atoms with Gasteiger partial charge in [0.1, 0.15) is 0 Å². The molecule has 1 atom stereocenters. The van der Waals surface area contributed by atoms with E-state index in [1.54, 1.807) is 0 Å². The lowest BCUT2D eigenvalue weighted by Crippen LogP contribution is -2.22. The average Bonchev–Trinajstić information content (AvgIpc) is 2.38. The summed E-state index contributed by atoms with van der Waals surface area (Å²) in [6, 6.07) is 8.34. The smallest absolute Gasteiger partial charge is 0.220 e. The molecule has 2 N–H and O–H groups in total. The van der Waals surface area contributed by atoms with Crippen molar-refractivity contribution in [3.8, 4) is 0 Å². The van der Waals surface area contributed by atoms with Gasteiger partial charge in [-0.25, -0.2) is 9.97 Å². The molecule has 1 aromatic carbocycles. The fourth-order valence-corrected chi connectivity index (χ4v) is 2.87. The molecule has 1 heterocycles. The number of rotatable bonds is 1. The maximum Gasteiger partial charge on any atom is 0.220 e. The Kier molecular flexibility index (Phi) is 3.01. The van der Waals surface area contributed by atoms with Gasteiger partial charge in [0.05, 0.1) is 17.0 Å². The summed E-state index contributed by atoms with van der Waals surface area (Å²) in [6.45, 7) is 3.88. The number of nitrogen functional groups attached to an aromatic ring is 1. The molecule has 4 nitrogen and oxygen atoms in total. The second-order valence-corrected chi connectivity index (χ2v) is 5.43. The van der Waals surface area contributed by atoms with E-state index in [0.29, 0.717) is 17.7 Å². The molecule has 1 aliphatic rings. The van der Waals surface area contributed by atoms with E-state index in [1.165, 1.54) is 11.1 Å². The minimum absolute atomic E-state index is 0.120. The van der Waals surface area contributed by atoms with Crippen LogP contribution in [-0.2, 0) is 6.42 Å². The fraction of sp³-hybridized carbons (Fsp3) is 0.312. The molecule has 0 amide bonds. The van der Waals surface area contributed by atoms with E-state index in [1.807, 2.05) is 6.92 Å². The number of nitrogens with two attached hydrogens (primary N) is 1. The first-order chi connectivity index (χ1) is 9.54. The maximum atomic E-state index is 12.3. The van der Waals surface area contributed by atoms with Crippen molar-refractivity contribution in [3.63, 3.8) is 0 Å². The van der Waals surface area contributed by atoms with Gasteiger partial charge >= 0.3 is 0 Å². The number of carbonyl (C=O) groups is 1. The summed E-state index contributed by atoms with van der Waals surface area (Å²) in [7, 11) is 0. The van der Waals surface area contributed by atoms with Crippen LogP contribution in [0.1, 0.15) is 45.2 Å². The van der Waals surface area contributed by atoms with Crippen LogP contribution in [0.4, 0.5) is 5.95 Å². The lowest BCUT2D eigenvalue weighted by molar-refractivity contribution is 0.0962. The number of aryl methyl sites for hydroxylation is 2. The normalized spacial score (nSPS) is 17.9. The minimum atomic E-state index is 0.120. The summed E-state index contributed by atoms with van der Waals surface area (Å²) < 4.78 is 0. The Morgan fingerprint density at radius 1 is 1.10 bits per heavy atom. The van der Waals surface area contributed by atoms with Gasteiger partial charge in [-0.05, 0) is 31.7 Å². The van der Waals surface area contributed by atoms with Crippen LogP contribution in [0.2, 0.25) is 0 Å². The number of anilines is 1. The molecule has 20 heavy (non-hydrogen) atoms. The monoisotopic (exact) mass is 267 g/mol. The first-order valence-electron chi connectivity index (χ1n) is 6.77. The largest absolute Gasteiger partial charge is 0.368 e. The lowest BCUT2D eigenvalue weighted by atomic mass is 9.81. The third-order valence-electron chi connectivity index (χ3n) is 3.88. The SMILES string of the molecule is Cc1ccc(C2CC(=O)c3c(C)nc(N)nc3C2)cc1. The van der Waals surface area contributed by atoms with Gasteiger partial charge in [0.15, 0.2) is 5.78 Å². The van der Waals surface area contributed by atoms with Crippen LogP contribution in [0.15, 0.2) is 24.3 Å². The van der Waals surface area contributed by atoms with Crippen molar-refractivity contribution in [3.05, 3.63) is 52.3 Å². The third-order valence-corrected chi connectivity index (χ3v) is 3.88. The predicted molar refractivity (Wildman–Crippen MR) is 77.8 cm³/mol. The molecule has 0 spiro atoms. The summed E-state index contributed by atoms with van der Waals surface area (Å²) in [5.41, 5.74) is 10.3. The van der Waals surface area contributed by atoms with Crippen molar-refractivity contribution in [1.29, 1.82) is 0 Å². The summed E-state index contributed by atoms with van der Waals surface area (Å²) in [4.78, 5) is 20.7. The van der Waals surface area contributed by atoms with E-state index in [2.05, 4.69) is 41.2 Å². The number of benzene rings is 1. The Balaban J connectivity index is 2.00. The number of hydrogen-bond acceptors (Lipinski definition) is 4. The molecule has 0 aliphatic heterocycles. The van der Waals surface area contributed by atoms with E-state index in [4.69, 9.17) is 5.73 Å². The van der Waals surface area contributed by atoms with Gasteiger partial charge in [0.2, 0.25) is 5.95 Å². The first-order valence-corrected chi connectivity index (χ1v) is 6.77. The highest BCUT2D eigenvalue weighted by molar-refractivity contribution is 5.99. The van der Waals surface area contributed by atoms with E-state index >= 15 is 0 Å². The fourth-order valence-electron chi connectivity index (χ4n) is 2.87.